The topological polar surface area (TPSA) is 17.1 Å². The Balaban J connectivity index is 2.99. The second-order valence-electron chi connectivity index (χ2n) is 1.53. The van der Waals surface area contributed by atoms with Gasteiger partial charge in [-0.3, -0.25) is 4.79 Å². The first-order valence-electron chi connectivity index (χ1n) is 2.44. The van der Waals surface area contributed by atoms with Crippen molar-refractivity contribution in [1.82, 2.24) is 0 Å². The lowest BCUT2D eigenvalue weighted by atomic mass is 10.0. The second kappa shape index (κ2) is 2.26. The molecule has 0 N–H and O–H groups in total. The lowest BCUT2D eigenvalue weighted by Gasteiger charge is -1.81. The molecule has 0 saturated heterocycles. The van der Waals surface area contributed by atoms with Gasteiger partial charge < -0.3 is 0 Å². The molecule has 0 saturated carbocycles. The Hall–Kier alpha value is -1.11. The molecule has 1 rings (SSSR count). The van der Waals surface area contributed by atoms with Crippen molar-refractivity contribution in [3.63, 3.8) is 0 Å². The van der Waals surface area contributed by atoms with Crippen molar-refractivity contribution in [1.29, 1.82) is 0 Å². The molecule has 0 aliphatic carbocycles. The van der Waals surface area contributed by atoms with Crippen molar-refractivity contribution in [2.75, 3.05) is 0 Å². The van der Waals surface area contributed by atoms with Crippen LogP contribution in [0.4, 0.5) is 0 Å². The van der Waals surface area contributed by atoms with E-state index in [0.717, 1.165) is 11.8 Å². The number of aldehydes is 1. The van der Waals surface area contributed by atoms with Crippen molar-refractivity contribution in [3.05, 3.63) is 35.9 Å². The number of benzene rings is 1. The molecule has 0 radical (unpaired) electrons. The van der Waals surface area contributed by atoms with Gasteiger partial charge in [-0.25, -0.2) is 0 Å². The first-order valence-corrected chi connectivity index (χ1v) is 2.44. The van der Waals surface area contributed by atoms with Crippen LogP contribution >= 0.6 is 0 Å². The van der Waals surface area contributed by atoms with Crippen LogP contribution in [0.1, 0.15) is 10.4 Å². The molecule has 1 nitrogen and oxygen atoms in total. The molecule has 0 unspecified atom stereocenters. The lowest BCUT2D eigenvalue weighted by molar-refractivity contribution is 0.112. The first kappa shape index (κ1) is 5.04. The minimum atomic E-state index is 0.729. The van der Waals surface area contributed by atoms with Crippen LogP contribution in [0.3, 0.4) is 0 Å². The zero-order valence-electron chi connectivity index (χ0n) is 4.37. The van der Waals surface area contributed by atoms with Gasteiger partial charge in [0.25, 0.3) is 0 Å². The highest BCUT2D eigenvalue weighted by Gasteiger charge is 1.79. The van der Waals surface area contributed by atoms with Crippen molar-refractivity contribution < 1.29 is 4.79 Å². The van der Waals surface area contributed by atoms with E-state index in [4.69, 9.17) is 0 Å². The van der Waals surface area contributed by atoms with E-state index >= 15 is 0 Å². The fourth-order valence-corrected chi connectivity index (χ4v) is 0.532. The van der Waals surface area contributed by atoms with E-state index in [-0.39, 0.29) is 0 Å². The van der Waals surface area contributed by atoms with Crippen LogP contribution in [-0.4, -0.2) is 6.29 Å². The summed E-state index contributed by atoms with van der Waals surface area (Å²) in [6.45, 7) is 0. The minimum Gasteiger partial charge on any atom is -0.298 e. The maximum atomic E-state index is 10.0. The summed E-state index contributed by atoms with van der Waals surface area (Å²) >= 11 is 0. The standard InChI is InChI=1S/C7H6O/c8-6-7-4-2-1-3-5-7/h1-6H/i6-1. The highest BCUT2D eigenvalue weighted by molar-refractivity contribution is 5.74. The molecule has 1 heteroatoms. The molecule has 0 amide bonds. The minimum absolute atomic E-state index is 0.729. The summed E-state index contributed by atoms with van der Waals surface area (Å²) < 4.78 is 0. The van der Waals surface area contributed by atoms with Crippen molar-refractivity contribution in [2.45, 2.75) is 0 Å². The summed E-state index contributed by atoms with van der Waals surface area (Å²) in [5.41, 5.74) is 0.729. The first-order chi connectivity index (χ1) is 3.93. The summed E-state index contributed by atoms with van der Waals surface area (Å²) in [7, 11) is 0. The van der Waals surface area contributed by atoms with Gasteiger partial charge in [-0.2, -0.15) is 0 Å². The molecule has 1 aromatic carbocycles. The van der Waals surface area contributed by atoms with E-state index in [1.165, 1.54) is 0 Å². The molecule has 40 valence electrons. The van der Waals surface area contributed by atoms with Gasteiger partial charge in [-0.05, 0) is 0 Å². The Labute approximate surface area is 48.0 Å². The summed E-state index contributed by atoms with van der Waals surface area (Å²) in [6, 6.07) is 9.10. The highest BCUT2D eigenvalue weighted by Crippen LogP contribution is 1.91. The Morgan fingerprint density at radius 3 is 2.12 bits per heavy atom. The van der Waals surface area contributed by atoms with Gasteiger partial charge in [0.15, 0.2) is 0 Å². The summed E-state index contributed by atoms with van der Waals surface area (Å²) in [5.74, 6) is 0. The number of hydrogen-bond acceptors (Lipinski definition) is 1. The van der Waals surface area contributed by atoms with E-state index in [1.54, 1.807) is 12.1 Å². The Bertz CT molecular complexity index is 167. The molecule has 8 heavy (non-hydrogen) atoms. The largest absolute Gasteiger partial charge is 0.298 e. The second-order valence-corrected chi connectivity index (χ2v) is 1.53. The third-order valence-electron chi connectivity index (χ3n) is 0.936. The summed E-state index contributed by atoms with van der Waals surface area (Å²) in [4.78, 5) is 10.0. The Kier molecular flexibility index (Phi) is 1.42. The van der Waals surface area contributed by atoms with Crippen LogP contribution in [0.2, 0.25) is 0 Å². The molecular formula is C7H6O. The molecule has 0 aliphatic heterocycles. The SMILES string of the molecule is O=[11CH]c1ccccc1. The molecule has 0 fully saturated rings. The molecule has 0 bridgehead atoms. The van der Waals surface area contributed by atoms with Gasteiger partial charge in [0.1, 0.15) is 6.29 Å². The van der Waals surface area contributed by atoms with E-state index in [9.17, 15) is 4.79 Å². The predicted octanol–water partition coefficient (Wildman–Crippen LogP) is 1.50. The number of carbonyl (C=O) groups is 1. The average Bonchev–Trinajstić information content (AvgIpc) is 1.90. The van der Waals surface area contributed by atoms with Gasteiger partial charge >= 0.3 is 0 Å². The van der Waals surface area contributed by atoms with Crippen molar-refractivity contribution >= 4 is 6.29 Å². The van der Waals surface area contributed by atoms with E-state index in [0.29, 0.717) is 0 Å². The maximum absolute atomic E-state index is 10.0. The fourth-order valence-electron chi connectivity index (χ4n) is 0.532. The van der Waals surface area contributed by atoms with Gasteiger partial charge in [0, 0.05) is 5.56 Å². The smallest absolute Gasteiger partial charge is 0.150 e. The maximum Gasteiger partial charge on any atom is 0.150 e. The van der Waals surface area contributed by atoms with Crippen LogP contribution in [0.15, 0.2) is 30.3 Å². The zero-order valence-corrected chi connectivity index (χ0v) is 4.37. The molecule has 0 atom stereocenters. The van der Waals surface area contributed by atoms with Crippen molar-refractivity contribution in [3.8, 4) is 0 Å². The fraction of sp³-hybridized carbons (Fsp3) is 0. The van der Waals surface area contributed by atoms with Crippen LogP contribution < -0.4 is 0 Å². The Morgan fingerprint density at radius 2 is 1.75 bits per heavy atom. The molecule has 0 spiro atoms. The summed E-state index contributed by atoms with van der Waals surface area (Å²) in [6.07, 6.45) is 0.833. The molecule has 0 aromatic heterocycles. The molecule has 0 heterocycles. The number of hydrogen-bond donors (Lipinski definition) is 0. The predicted molar refractivity (Wildman–Crippen MR) is 31.8 cm³/mol. The van der Waals surface area contributed by atoms with Crippen molar-refractivity contribution in [2.24, 2.45) is 0 Å². The van der Waals surface area contributed by atoms with Crippen LogP contribution in [0.5, 0.6) is 0 Å². The van der Waals surface area contributed by atoms with Crippen LogP contribution in [0, 0.1) is 0 Å². The van der Waals surface area contributed by atoms with Crippen LogP contribution in [0.25, 0.3) is 0 Å². The quantitative estimate of drug-likeness (QED) is 0.494. The van der Waals surface area contributed by atoms with Gasteiger partial charge in [-0.1, -0.05) is 30.3 Å². The molecule has 0 aliphatic rings. The van der Waals surface area contributed by atoms with E-state index in [2.05, 4.69) is 0 Å². The van der Waals surface area contributed by atoms with Gasteiger partial charge in [-0.15, -0.1) is 0 Å². The normalized spacial score (nSPS) is 8.50. The van der Waals surface area contributed by atoms with Gasteiger partial charge in [0.05, 0.1) is 0 Å². The van der Waals surface area contributed by atoms with E-state index < -0.39 is 0 Å². The summed E-state index contributed by atoms with van der Waals surface area (Å²) in [5, 5.41) is 0. The lowest BCUT2D eigenvalue weighted by Crippen LogP contribution is -1.73. The monoisotopic (exact) mass is 105 g/mol. The average molecular weight is 105 g/mol. The zero-order chi connectivity index (χ0) is 5.82. The molecule has 1 aromatic rings. The number of carbonyl (C=O) groups excluding carboxylic acids is 1. The number of rotatable bonds is 1. The Morgan fingerprint density at radius 1 is 1.12 bits per heavy atom. The highest BCUT2D eigenvalue weighted by atomic mass is 16.1. The third-order valence-corrected chi connectivity index (χ3v) is 0.936. The third kappa shape index (κ3) is 0.936. The molecular weight excluding hydrogens is 99.1 g/mol. The van der Waals surface area contributed by atoms with E-state index in [1.807, 2.05) is 18.2 Å². The van der Waals surface area contributed by atoms with Crippen LogP contribution in [-0.2, 0) is 0 Å². The van der Waals surface area contributed by atoms with Gasteiger partial charge in [0.2, 0.25) is 0 Å².